The van der Waals surface area contributed by atoms with Crippen molar-refractivity contribution in [3.8, 4) is 0 Å². The predicted octanol–water partition coefficient (Wildman–Crippen LogP) is 3.82. The molecule has 0 aliphatic heterocycles. The molecule has 1 aliphatic carbocycles. The highest BCUT2D eigenvalue weighted by Crippen LogP contribution is 2.36. The Hall–Kier alpha value is -1.39. The lowest BCUT2D eigenvalue weighted by atomic mass is 9.75. The third-order valence-electron chi connectivity index (χ3n) is 3.96. The first-order valence-electron chi connectivity index (χ1n) is 7.53. The molecule has 0 amide bonds. The SMILES string of the molecule is CCCNc1ncc(F)c(NC2CCC(C)(C)CC2)n1. The lowest BCUT2D eigenvalue weighted by Crippen LogP contribution is -2.30. The Balaban J connectivity index is 1.98. The minimum atomic E-state index is -0.378. The summed E-state index contributed by atoms with van der Waals surface area (Å²) in [5.74, 6) is 0.437. The van der Waals surface area contributed by atoms with E-state index in [1.165, 1.54) is 6.20 Å². The zero-order valence-electron chi connectivity index (χ0n) is 12.7. The van der Waals surface area contributed by atoms with E-state index < -0.39 is 0 Å². The second-order valence-electron chi connectivity index (χ2n) is 6.40. The highest BCUT2D eigenvalue weighted by Gasteiger charge is 2.27. The molecule has 5 heteroatoms. The van der Waals surface area contributed by atoms with Gasteiger partial charge < -0.3 is 10.6 Å². The van der Waals surface area contributed by atoms with Gasteiger partial charge in [0.2, 0.25) is 5.95 Å². The standard InChI is InChI=1S/C15H25FN4/c1-4-9-17-14-18-10-12(16)13(20-14)19-11-5-7-15(2,3)8-6-11/h10-11H,4-9H2,1-3H3,(H2,17,18,19,20). The zero-order valence-corrected chi connectivity index (χ0v) is 12.7. The van der Waals surface area contributed by atoms with E-state index >= 15 is 0 Å². The minimum Gasteiger partial charge on any atom is -0.365 e. The van der Waals surface area contributed by atoms with Crippen LogP contribution in [0.15, 0.2) is 6.20 Å². The van der Waals surface area contributed by atoms with E-state index in [-0.39, 0.29) is 5.82 Å². The van der Waals surface area contributed by atoms with Crippen molar-refractivity contribution < 1.29 is 4.39 Å². The van der Waals surface area contributed by atoms with Crippen molar-refractivity contribution in [3.63, 3.8) is 0 Å². The van der Waals surface area contributed by atoms with Crippen LogP contribution in [0.2, 0.25) is 0 Å². The van der Waals surface area contributed by atoms with Gasteiger partial charge in [0, 0.05) is 12.6 Å². The van der Waals surface area contributed by atoms with Gasteiger partial charge in [-0.3, -0.25) is 0 Å². The Morgan fingerprint density at radius 2 is 2.05 bits per heavy atom. The van der Waals surface area contributed by atoms with Crippen LogP contribution < -0.4 is 10.6 Å². The number of halogens is 1. The lowest BCUT2D eigenvalue weighted by Gasteiger charge is -2.34. The maximum Gasteiger partial charge on any atom is 0.224 e. The van der Waals surface area contributed by atoms with Crippen molar-refractivity contribution in [1.82, 2.24) is 9.97 Å². The molecule has 4 nitrogen and oxygen atoms in total. The van der Waals surface area contributed by atoms with Crippen LogP contribution in [0.5, 0.6) is 0 Å². The molecule has 0 aromatic carbocycles. The van der Waals surface area contributed by atoms with Gasteiger partial charge in [-0.25, -0.2) is 9.37 Å². The molecule has 112 valence electrons. The van der Waals surface area contributed by atoms with Crippen molar-refractivity contribution in [3.05, 3.63) is 12.0 Å². The van der Waals surface area contributed by atoms with Crippen molar-refractivity contribution in [2.45, 2.75) is 58.9 Å². The molecule has 1 saturated carbocycles. The zero-order chi connectivity index (χ0) is 14.6. The third kappa shape index (κ3) is 4.05. The van der Waals surface area contributed by atoms with E-state index in [1.54, 1.807) is 0 Å². The first-order valence-corrected chi connectivity index (χ1v) is 7.53. The molecule has 0 spiro atoms. The van der Waals surface area contributed by atoms with Crippen LogP contribution in [0, 0.1) is 11.2 Å². The van der Waals surface area contributed by atoms with E-state index in [0.717, 1.165) is 38.6 Å². The highest BCUT2D eigenvalue weighted by atomic mass is 19.1. The van der Waals surface area contributed by atoms with E-state index in [2.05, 4.69) is 41.4 Å². The summed E-state index contributed by atoms with van der Waals surface area (Å²) in [4.78, 5) is 8.19. The summed E-state index contributed by atoms with van der Waals surface area (Å²) in [5.41, 5.74) is 0.413. The number of rotatable bonds is 5. The molecule has 0 bridgehead atoms. The summed E-state index contributed by atoms with van der Waals surface area (Å²) < 4.78 is 13.8. The average Bonchev–Trinajstić information content (AvgIpc) is 2.42. The first kappa shape index (κ1) is 15.0. The molecular formula is C15H25FN4. The summed E-state index contributed by atoms with van der Waals surface area (Å²) in [6.07, 6.45) is 6.68. The molecule has 2 N–H and O–H groups in total. The molecule has 0 saturated heterocycles. The number of nitrogens with zero attached hydrogens (tertiary/aromatic N) is 2. The summed E-state index contributed by atoms with van der Waals surface area (Å²) in [6, 6.07) is 0.312. The van der Waals surface area contributed by atoms with Crippen LogP contribution in [0.25, 0.3) is 0 Å². The smallest absolute Gasteiger partial charge is 0.224 e. The van der Waals surface area contributed by atoms with Gasteiger partial charge in [0.15, 0.2) is 11.6 Å². The van der Waals surface area contributed by atoms with Crippen LogP contribution in [-0.4, -0.2) is 22.6 Å². The summed E-state index contributed by atoms with van der Waals surface area (Å²) >= 11 is 0. The fourth-order valence-corrected chi connectivity index (χ4v) is 2.53. The van der Waals surface area contributed by atoms with Crippen molar-refractivity contribution in [2.75, 3.05) is 17.2 Å². The lowest BCUT2D eigenvalue weighted by molar-refractivity contribution is 0.232. The maximum atomic E-state index is 13.8. The average molecular weight is 280 g/mol. The maximum absolute atomic E-state index is 13.8. The molecule has 1 aromatic heterocycles. The molecule has 1 heterocycles. The van der Waals surface area contributed by atoms with Crippen LogP contribution >= 0.6 is 0 Å². The van der Waals surface area contributed by atoms with Crippen molar-refractivity contribution in [1.29, 1.82) is 0 Å². The Morgan fingerprint density at radius 3 is 2.70 bits per heavy atom. The van der Waals surface area contributed by atoms with E-state index in [9.17, 15) is 4.39 Å². The van der Waals surface area contributed by atoms with Gasteiger partial charge in [0.1, 0.15) is 0 Å². The molecule has 0 atom stereocenters. The fourth-order valence-electron chi connectivity index (χ4n) is 2.53. The van der Waals surface area contributed by atoms with Gasteiger partial charge in [-0.05, 0) is 37.5 Å². The number of aromatic nitrogens is 2. The Bertz CT molecular complexity index is 437. The quantitative estimate of drug-likeness (QED) is 0.861. The predicted molar refractivity (Wildman–Crippen MR) is 80.4 cm³/mol. The van der Waals surface area contributed by atoms with Crippen molar-refractivity contribution in [2.24, 2.45) is 5.41 Å². The van der Waals surface area contributed by atoms with Gasteiger partial charge in [0.25, 0.3) is 0 Å². The highest BCUT2D eigenvalue weighted by molar-refractivity contribution is 5.41. The number of nitrogens with one attached hydrogen (secondary N) is 2. The monoisotopic (exact) mass is 280 g/mol. The minimum absolute atomic E-state index is 0.312. The summed E-state index contributed by atoms with van der Waals surface area (Å²) in [5, 5.41) is 6.32. The molecular weight excluding hydrogens is 255 g/mol. The Labute approximate surface area is 120 Å². The molecule has 1 aliphatic rings. The van der Waals surface area contributed by atoms with E-state index in [4.69, 9.17) is 0 Å². The van der Waals surface area contributed by atoms with E-state index in [1.807, 2.05) is 0 Å². The largest absolute Gasteiger partial charge is 0.365 e. The van der Waals surface area contributed by atoms with Gasteiger partial charge in [-0.15, -0.1) is 0 Å². The number of hydrogen-bond donors (Lipinski definition) is 2. The van der Waals surface area contributed by atoms with Gasteiger partial charge >= 0.3 is 0 Å². The molecule has 0 radical (unpaired) electrons. The molecule has 20 heavy (non-hydrogen) atoms. The number of anilines is 2. The van der Waals surface area contributed by atoms with Gasteiger partial charge in [-0.1, -0.05) is 20.8 Å². The topological polar surface area (TPSA) is 49.8 Å². The normalized spacial score (nSPS) is 18.8. The van der Waals surface area contributed by atoms with Crippen LogP contribution in [-0.2, 0) is 0 Å². The molecule has 1 fully saturated rings. The second kappa shape index (κ2) is 6.37. The molecule has 0 unspecified atom stereocenters. The van der Waals surface area contributed by atoms with Crippen molar-refractivity contribution >= 4 is 11.8 Å². The Kier molecular flexibility index (Phi) is 4.78. The van der Waals surface area contributed by atoms with E-state index in [0.29, 0.717) is 23.2 Å². The summed E-state index contributed by atoms with van der Waals surface area (Å²) in [7, 11) is 0. The summed E-state index contributed by atoms with van der Waals surface area (Å²) in [6.45, 7) is 7.45. The van der Waals surface area contributed by atoms with Gasteiger partial charge in [-0.2, -0.15) is 4.98 Å². The fraction of sp³-hybridized carbons (Fsp3) is 0.733. The van der Waals surface area contributed by atoms with Gasteiger partial charge in [0.05, 0.1) is 6.20 Å². The second-order valence-corrected chi connectivity index (χ2v) is 6.40. The number of hydrogen-bond acceptors (Lipinski definition) is 4. The Morgan fingerprint density at radius 1 is 1.35 bits per heavy atom. The molecule has 1 aromatic rings. The van der Waals surface area contributed by atoms with Crippen LogP contribution in [0.4, 0.5) is 16.2 Å². The first-order chi connectivity index (χ1) is 9.50. The molecule has 2 rings (SSSR count). The third-order valence-corrected chi connectivity index (χ3v) is 3.96. The van der Waals surface area contributed by atoms with Crippen LogP contribution in [0.3, 0.4) is 0 Å². The van der Waals surface area contributed by atoms with Crippen LogP contribution in [0.1, 0.15) is 52.9 Å².